The van der Waals surface area contributed by atoms with Crippen LogP contribution < -0.4 is 5.32 Å². The molecule has 0 saturated carbocycles. The summed E-state index contributed by atoms with van der Waals surface area (Å²) in [6.45, 7) is 4.28. The summed E-state index contributed by atoms with van der Waals surface area (Å²) in [4.78, 5) is 11.3. The number of para-hydroxylation sites is 1. The van der Waals surface area contributed by atoms with Gasteiger partial charge >= 0.3 is 0 Å². The second kappa shape index (κ2) is 7.59. The topological polar surface area (TPSA) is 50.3 Å². The van der Waals surface area contributed by atoms with Gasteiger partial charge in [-0.15, -0.1) is 0 Å². The Bertz CT molecular complexity index is 813. The van der Waals surface area contributed by atoms with Crippen LogP contribution in [0.3, 0.4) is 0 Å². The van der Waals surface area contributed by atoms with Crippen LogP contribution in [-0.4, -0.2) is 47.7 Å². The second-order valence-electron chi connectivity index (χ2n) is 6.20. The molecule has 0 aliphatic carbocycles. The fourth-order valence-corrected chi connectivity index (χ4v) is 3.36. The normalized spacial score (nSPS) is 16.6. The average Bonchev–Trinajstić information content (AvgIpc) is 2.70. The van der Waals surface area contributed by atoms with Crippen molar-refractivity contribution in [2.45, 2.75) is 6.04 Å². The molecule has 2 heterocycles. The quantitative estimate of drug-likeness (QED) is 0.777. The highest BCUT2D eigenvalue weighted by Gasteiger charge is 2.22. The van der Waals surface area contributed by atoms with Crippen molar-refractivity contribution in [1.82, 2.24) is 14.9 Å². The smallest absolute Gasteiger partial charge is 0.137 e. The molecule has 1 N–H and O–H groups in total. The van der Waals surface area contributed by atoms with Crippen LogP contribution in [-0.2, 0) is 4.74 Å². The molecule has 0 bridgehead atoms. The van der Waals surface area contributed by atoms with Gasteiger partial charge in [-0.05, 0) is 17.7 Å². The number of benzene rings is 2. The van der Waals surface area contributed by atoms with Crippen molar-refractivity contribution in [3.63, 3.8) is 0 Å². The van der Waals surface area contributed by atoms with E-state index in [0.29, 0.717) is 6.04 Å². The Balaban J connectivity index is 1.58. The molecule has 0 unspecified atom stereocenters. The van der Waals surface area contributed by atoms with Gasteiger partial charge in [-0.3, -0.25) is 4.90 Å². The summed E-state index contributed by atoms with van der Waals surface area (Å²) < 4.78 is 5.52. The lowest BCUT2D eigenvalue weighted by molar-refractivity contribution is 0.0187. The molecule has 5 nitrogen and oxygen atoms in total. The van der Waals surface area contributed by atoms with E-state index in [0.717, 1.165) is 49.6 Å². The lowest BCUT2D eigenvalue weighted by Crippen LogP contribution is -2.41. The van der Waals surface area contributed by atoms with Crippen molar-refractivity contribution in [1.29, 1.82) is 0 Å². The summed E-state index contributed by atoms with van der Waals surface area (Å²) in [6.07, 6.45) is 1.62. The van der Waals surface area contributed by atoms with Crippen molar-refractivity contribution in [2.75, 3.05) is 38.2 Å². The molecule has 25 heavy (non-hydrogen) atoms. The van der Waals surface area contributed by atoms with Gasteiger partial charge in [0.1, 0.15) is 12.1 Å². The van der Waals surface area contributed by atoms with Crippen LogP contribution in [0.15, 0.2) is 60.9 Å². The van der Waals surface area contributed by atoms with E-state index in [-0.39, 0.29) is 0 Å². The molecule has 1 aliphatic heterocycles. The summed E-state index contributed by atoms with van der Waals surface area (Å²) in [5, 5.41) is 4.60. The molecule has 1 fully saturated rings. The fourth-order valence-electron chi connectivity index (χ4n) is 3.36. The maximum absolute atomic E-state index is 5.52. The van der Waals surface area contributed by atoms with Crippen molar-refractivity contribution < 1.29 is 4.74 Å². The van der Waals surface area contributed by atoms with Crippen LogP contribution in [0.5, 0.6) is 0 Å². The van der Waals surface area contributed by atoms with Gasteiger partial charge in [-0.25, -0.2) is 9.97 Å². The lowest BCUT2D eigenvalue weighted by Gasteiger charge is -2.35. The Morgan fingerprint density at radius 3 is 2.56 bits per heavy atom. The molecular formula is C20H22N4O. The van der Waals surface area contributed by atoms with Crippen molar-refractivity contribution in [3.05, 3.63) is 66.5 Å². The predicted octanol–water partition coefficient (Wildman–Crippen LogP) is 3.12. The van der Waals surface area contributed by atoms with Crippen LogP contribution in [0.1, 0.15) is 11.6 Å². The standard InChI is InChI=1S/C20H22N4O/c1-2-6-16(7-3-1)19(24-10-12-25-13-11-24)14-21-20-17-8-4-5-9-18(17)22-15-23-20/h1-9,15,19H,10-14H2,(H,21,22,23)/t19-/m1/s1. The van der Waals surface area contributed by atoms with E-state index in [9.17, 15) is 0 Å². The molecule has 1 aliphatic rings. The van der Waals surface area contributed by atoms with Gasteiger partial charge in [0.25, 0.3) is 0 Å². The zero-order valence-corrected chi connectivity index (χ0v) is 14.1. The first-order valence-electron chi connectivity index (χ1n) is 8.72. The number of fused-ring (bicyclic) bond motifs is 1. The molecule has 0 radical (unpaired) electrons. The Hall–Kier alpha value is -2.50. The van der Waals surface area contributed by atoms with Gasteiger partial charge < -0.3 is 10.1 Å². The first-order valence-corrected chi connectivity index (χ1v) is 8.72. The SMILES string of the molecule is c1ccc([C@@H](CNc2ncnc3ccccc23)N2CCOCC2)cc1. The molecule has 3 aromatic rings. The van der Waals surface area contributed by atoms with Crippen LogP contribution in [0.25, 0.3) is 10.9 Å². The number of nitrogens with one attached hydrogen (secondary N) is 1. The van der Waals surface area contributed by atoms with E-state index in [1.165, 1.54) is 5.56 Å². The number of aromatic nitrogens is 2. The third-order valence-corrected chi connectivity index (χ3v) is 4.68. The number of nitrogens with zero attached hydrogens (tertiary/aromatic N) is 3. The highest BCUT2D eigenvalue weighted by molar-refractivity contribution is 5.88. The minimum absolute atomic E-state index is 0.291. The monoisotopic (exact) mass is 334 g/mol. The van der Waals surface area contributed by atoms with Gasteiger partial charge in [0.15, 0.2) is 0 Å². The minimum Gasteiger partial charge on any atom is -0.379 e. The van der Waals surface area contributed by atoms with Gasteiger partial charge in [-0.2, -0.15) is 0 Å². The van der Waals surface area contributed by atoms with E-state index >= 15 is 0 Å². The second-order valence-corrected chi connectivity index (χ2v) is 6.20. The Morgan fingerprint density at radius 1 is 0.960 bits per heavy atom. The molecule has 1 atom stereocenters. The summed E-state index contributed by atoms with van der Waals surface area (Å²) in [7, 11) is 0. The molecule has 4 rings (SSSR count). The molecular weight excluding hydrogens is 312 g/mol. The Morgan fingerprint density at radius 2 is 1.72 bits per heavy atom. The number of ether oxygens (including phenoxy) is 1. The summed E-state index contributed by atoms with van der Waals surface area (Å²) in [5.74, 6) is 0.889. The van der Waals surface area contributed by atoms with E-state index in [4.69, 9.17) is 4.74 Å². The molecule has 5 heteroatoms. The zero-order chi connectivity index (χ0) is 16.9. The molecule has 2 aromatic carbocycles. The van der Waals surface area contributed by atoms with Crippen molar-refractivity contribution in [3.8, 4) is 0 Å². The number of hydrogen-bond donors (Lipinski definition) is 1. The van der Waals surface area contributed by atoms with Gasteiger partial charge in [0, 0.05) is 25.0 Å². The Labute approximate surface area is 147 Å². The van der Waals surface area contributed by atoms with Gasteiger partial charge in [0.05, 0.1) is 24.8 Å². The fraction of sp³-hybridized carbons (Fsp3) is 0.300. The predicted molar refractivity (Wildman–Crippen MR) is 99.6 cm³/mol. The highest BCUT2D eigenvalue weighted by Crippen LogP contribution is 2.24. The van der Waals surface area contributed by atoms with Crippen LogP contribution in [0.4, 0.5) is 5.82 Å². The molecule has 1 saturated heterocycles. The third kappa shape index (κ3) is 3.62. The summed E-state index contributed by atoms with van der Waals surface area (Å²) in [5.41, 5.74) is 2.28. The minimum atomic E-state index is 0.291. The largest absolute Gasteiger partial charge is 0.379 e. The van der Waals surface area contributed by atoms with Gasteiger partial charge in [-0.1, -0.05) is 42.5 Å². The maximum atomic E-state index is 5.52. The maximum Gasteiger partial charge on any atom is 0.137 e. The zero-order valence-electron chi connectivity index (χ0n) is 14.1. The van der Waals surface area contributed by atoms with Crippen molar-refractivity contribution in [2.24, 2.45) is 0 Å². The Kier molecular flexibility index (Phi) is 4.86. The van der Waals surface area contributed by atoms with Crippen LogP contribution in [0, 0.1) is 0 Å². The van der Waals surface area contributed by atoms with Gasteiger partial charge in [0.2, 0.25) is 0 Å². The summed E-state index contributed by atoms with van der Waals surface area (Å²) in [6, 6.07) is 19.0. The number of anilines is 1. The van der Waals surface area contributed by atoms with Crippen LogP contribution in [0.2, 0.25) is 0 Å². The van der Waals surface area contributed by atoms with Crippen LogP contribution >= 0.6 is 0 Å². The van der Waals surface area contributed by atoms with E-state index in [1.54, 1.807) is 6.33 Å². The number of rotatable bonds is 5. The lowest BCUT2D eigenvalue weighted by atomic mass is 10.0. The number of morpholine rings is 1. The highest BCUT2D eigenvalue weighted by atomic mass is 16.5. The summed E-state index contributed by atoms with van der Waals surface area (Å²) >= 11 is 0. The molecule has 1 aromatic heterocycles. The van der Waals surface area contributed by atoms with E-state index in [1.807, 2.05) is 18.2 Å². The van der Waals surface area contributed by atoms with Crippen molar-refractivity contribution >= 4 is 16.7 Å². The third-order valence-electron chi connectivity index (χ3n) is 4.68. The molecule has 0 spiro atoms. The first-order chi connectivity index (χ1) is 12.4. The molecule has 128 valence electrons. The average molecular weight is 334 g/mol. The van der Waals surface area contributed by atoms with E-state index in [2.05, 4.69) is 56.6 Å². The number of hydrogen-bond acceptors (Lipinski definition) is 5. The molecule has 0 amide bonds. The van der Waals surface area contributed by atoms with E-state index < -0.39 is 0 Å². The first kappa shape index (κ1) is 16.0.